The summed E-state index contributed by atoms with van der Waals surface area (Å²) in [5.41, 5.74) is 5.09. The number of hydrogen-bond donors (Lipinski definition) is 0. The quantitative estimate of drug-likeness (QED) is 0.238. The van der Waals surface area contributed by atoms with E-state index in [-0.39, 0.29) is 12.4 Å². The van der Waals surface area contributed by atoms with Gasteiger partial charge in [0.1, 0.15) is 6.61 Å². The molecule has 39 heavy (non-hydrogen) atoms. The highest BCUT2D eigenvalue weighted by molar-refractivity contribution is 5.64. The van der Waals surface area contributed by atoms with E-state index in [1.54, 1.807) is 12.1 Å². The topological polar surface area (TPSA) is 9.23 Å². The van der Waals surface area contributed by atoms with Crippen molar-refractivity contribution < 1.29 is 13.5 Å². The number of hydrogen-bond acceptors (Lipinski definition) is 1. The summed E-state index contributed by atoms with van der Waals surface area (Å²) in [5.74, 6) is 1.75. The third-order valence-corrected chi connectivity index (χ3v) is 9.23. The van der Waals surface area contributed by atoms with Crippen LogP contribution in [-0.2, 0) is 13.0 Å². The van der Waals surface area contributed by atoms with E-state index in [0.717, 1.165) is 28.9 Å². The molecule has 4 unspecified atom stereocenters. The Morgan fingerprint density at radius 3 is 2.23 bits per heavy atom. The predicted octanol–water partition coefficient (Wildman–Crippen LogP) is 10.4. The van der Waals surface area contributed by atoms with Crippen LogP contribution in [0.1, 0.15) is 87.3 Å². The van der Waals surface area contributed by atoms with Crippen LogP contribution in [-0.4, -0.2) is 0 Å². The molecular formula is C36H42F2O. The molecule has 0 aliphatic heterocycles. The minimum absolute atomic E-state index is 0.0578. The summed E-state index contributed by atoms with van der Waals surface area (Å²) in [6.07, 6.45) is 13.9. The Bertz CT molecular complexity index is 1230. The number of rotatable bonds is 10. The van der Waals surface area contributed by atoms with Crippen LogP contribution in [0, 0.1) is 29.4 Å². The normalized spacial score (nSPS) is 22.7. The van der Waals surface area contributed by atoms with Gasteiger partial charge in [0.15, 0.2) is 11.6 Å². The van der Waals surface area contributed by atoms with E-state index in [1.807, 2.05) is 12.1 Å². The summed E-state index contributed by atoms with van der Waals surface area (Å²) < 4.78 is 34.4. The number of aryl methyl sites for hydroxylation is 1. The van der Waals surface area contributed by atoms with Gasteiger partial charge in [-0.25, -0.2) is 4.39 Å². The van der Waals surface area contributed by atoms with Crippen LogP contribution in [0.4, 0.5) is 8.78 Å². The smallest absolute Gasteiger partial charge is 0.200 e. The van der Waals surface area contributed by atoms with Gasteiger partial charge in [-0.05, 0) is 103 Å². The highest BCUT2D eigenvalue weighted by atomic mass is 19.2. The molecule has 0 amide bonds. The summed E-state index contributed by atoms with van der Waals surface area (Å²) in [6.45, 7) is 6.15. The molecule has 0 saturated heterocycles. The number of ether oxygens (including phenoxy) is 1. The molecule has 4 atom stereocenters. The van der Waals surface area contributed by atoms with Crippen molar-refractivity contribution in [3.05, 3.63) is 102 Å². The first-order valence-corrected chi connectivity index (χ1v) is 15.0. The van der Waals surface area contributed by atoms with E-state index in [4.69, 9.17) is 4.74 Å². The van der Waals surface area contributed by atoms with Crippen LogP contribution in [0.15, 0.2) is 73.3 Å². The van der Waals surface area contributed by atoms with Gasteiger partial charge in [0, 0.05) is 0 Å². The van der Waals surface area contributed by atoms with Crippen LogP contribution in [0.3, 0.4) is 0 Å². The second kappa shape index (κ2) is 12.9. The summed E-state index contributed by atoms with van der Waals surface area (Å²) >= 11 is 0. The van der Waals surface area contributed by atoms with Gasteiger partial charge in [0.2, 0.25) is 5.82 Å². The molecule has 0 N–H and O–H groups in total. The molecule has 0 bridgehead atoms. The minimum atomic E-state index is -0.925. The van der Waals surface area contributed by atoms with Gasteiger partial charge in [0.05, 0.1) is 0 Å². The molecule has 2 saturated carbocycles. The van der Waals surface area contributed by atoms with Gasteiger partial charge >= 0.3 is 0 Å². The third kappa shape index (κ3) is 6.62. The average molecular weight is 529 g/mol. The lowest BCUT2D eigenvalue weighted by Gasteiger charge is -2.42. The van der Waals surface area contributed by atoms with E-state index in [0.29, 0.717) is 24.3 Å². The third-order valence-electron chi connectivity index (χ3n) is 9.23. The van der Waals surface area contributed by atoms with Crippen molar-refractivity contribution in [3.63, 3.8) is 0 Å². The van der Waals surface area contributed by atoms with Gasteiger partial charge in [-0.15, -0.1) is 6.58 Å². The molecule has 0 spiro atoms. The summed E-state index contributed by atoms with van der Waals surface area (Å²) in [7, 11) is 0. The monoisotopic (exact) mass is 528 g/mol. The maximum atomic E-state index is 14.4. The van der Waals surface area contributed by atoms with E-state index in [1.165, 1.54) is 68.6 Å². The molecule has 5 rings (SSSR count). The molecule has 2 aliphatic carbocycles. The van der Waals surface area contributed by atoms with Gasteiger partial charge in [-0.2, -0.15) is 4.39 Å². The fourth-order valence-corrected chi connectivity index (χ4v) is 7.00. The van der Waals surface area contributed by atoms with Crippen molar-refractivity contribution in [1.29, 1.82) is 0 Å². The second-order valence-electron chi connectivity index (χ2n) is 11.8. The van der Waals surface area contributed by atoms with E-state index in [9.17, 15) is 8.78 Å². The number of allylic oxidation sites excluding steroid dienone is 1. The Hall–Kier alpha value is -2.94. The molecule has 3 aromatic rings. The molecule has 3 heteroatoms. The Morgan fingerprint density at radius 2 is 1.51 bits per heavy atom. The number of fused-ring (bicyclic) bond motifs is 1. The highest BCUT2D eigenvalue weighted by Gasteiger charge is 2.35. The van der Waals surface area contributed by atoms with Crippen LogP contribution in [0.5, 0.6) is 5.75 Å². The molecular weight excluding hydrogens is 486 g/mol. The Kier molecular flexibility index (Phi) is 9.17. The van der Waals surface area contributed by atoms with Gasteiger partial charge in [0.25, 0.3) is 0 Å². The zero-order chi connectivity index (χ0) is 27.2. The molecule has 3 aromatic carbocycles. The van der Waals surface area contributed by atoms with E-state index < -0.39 is 11.6 Å². The first-order chi connectivity index (χ1) is 19.1. The van der Waals surface area contributed by atoms with E-state index >= 15 is 0 Å². The Morgan fingerprint density at radius 1 is 0.821 bits per heavy atom. The average Bonchev–Trinajstić information content (AvgIpc) is 2.98. The molecule has 2 fully saturated rings. The molecule has 0 radical (unpaired) electrons. The Balaban J connectivity index is 1.16. The zero-order valence-corrected chi connectivity index (χ0v) is 23.3. The summed E-state index contributed by atoms with van der Waals surface area (Å²) in [4.78, 5) is 0. The standard InChI is InChI=1S/C36H42F2O/c1-3-5-7-30-20-21-34(36(38)35(30)37)39-24-26-9-11-27(12-10-26)28-14-16-29(17-15-28)32-19-18-31-22-25(6-4-2)8-13-33(31)23-32/h3,9-12,14-17,20-21,25,31-33H,1,4-8,13,18-19,22-24H2,2H3. The summed E-state index contributed by atoms with van der Waals surface area (Å²) in [6, 6.07) is 20.4. The van der Waals surface area contributed by atoms with Crippen LogP contribution >= 0.6 is 0 Å². The lowest BCUT2D eigenvalue weighted by molar-refractivity contribution is 0.114. The van der Waals surface area contributed by atoms with Crippen molar-refractivity contribution >= 4 is 0 Å². The van der Waals surface area contributed by atoms with Gasteiger partial charge in [-0.3, -0.25) is 0 Å². The maximum absolute atomic E-state index is 14.4. The first-order valence-electron chi connectivity index (χ1n) is 15.0. The largest absolute Gasteiger partial charge is 0.486 e. The van der Waals surface area contributed by atoms with E-state index in [2.05, 4.69) is 49.9 Å². The maximum Gasteiger partial charge on any atom is 0.200 e. The summed E-state index contributed by atoms with van der Waals surface area (Å²) in [5, 5.41) is 0. The van der Waals surface area contributed by atoms with Gasteiger partial charge in [-0.1, -0.05) is 86.9 Å². The number of halogens is 2. The van der Waals surface area contributed by atoms with Crippen molar-refractivity contribution in [1.82, 2.24) is 0 Å². The van der Waals surface area contributed by atoms with Crippen LogP contribution in [0.2, 0.25) is 0 Å². The van der Waals surface area contributed by atoms with Gasteiger partial charge < -0.3 is 4.74 Å². The molecule has 2 aliphatic rings. The highest BCUT2D eigenvalue weighted by Crippen LogP contribution is 2.48. The van der Waals surface area contributed by atoms with Crippen molar-refractivity contribution in [2.24, 2.45) is 17.8 Å². The molecule has 206 valence electrons. The Labute approximate surface area is 233 Å². The lowest BCUT2D eigenvalue weighted by Crippen LogP contribution is -2.30. The fourth-order valence-electron chi connectivity index (χ4n) is 7.00. The lowest BCUT2D eigenvalue weighted by atomic mass is 9.63. The van der Waals surface area contributed by atoms with Crippen molar-refractivity contribution in [3.8, 4) is 16.9 Å². The fraction of sp³-hybridized carbons (Fsp3) is 0.444. The van der Waals surface area contributed by atoms with Crippen LogP contribution in [0.25, 0.3) is 11.1 Å². The second-order valence-corrected chi connectivity index (χ2v) is 11.8. The minimum Gasteiger partial charge on any atom is -0.486 e. The SMILES string of the molecule is C=CCCc1ccc(OCc2ccc(-c3ccc(C4CCC5CC(CCC)CCC5C4)cc3)cc2)c(F)c1F. The first kappa shape index (κ1) is 27.6. The molecule has 0 heterocycles. The predicted molar refractivity (Wildman–Crippen MR) is 157 cm³/mol. The van der Waals surface area contributed by atoms with Crippen molar-refractivity contribution in [2.75, 3.05) is 0 Å². The van der Waals surface area contributed by atoms with Crippen LogP contribution < -0.4 is 4.74 Å². The van der Waals surface area contributed by atoms with Crippen molar-refractivity contribution in [2.45, 2.75) is 83.7 Å². The molecule has 0 aromatic heterocycles. The number of benzene rings is 3. The molecule has 1 nitrogen and oxygen atoms in total. The zero-order valence-electron chi connectivity index (χ0n) is 23.3.